The van der Waals surface area contributed by atoms with Crippen molar-refractivity contribution >= 4 is 25.4 Å². The number of para-hydroxylation sites is 1. The second-order valence-corrected chi connectivity index (χ2v) is 7.74. The van der Waals surface area contributed by atoms with E-state index in [1.165, 1.54) is 10.9 Å². The molecule has 2 rings (SSSR count). The van der Waals surface area contributed by atoms with Crippen molar-refractivity contribution in [2.24, 2.45) is 4.99 Å². The Morgan fingerprint density at radius 1 is 1.13 bits per heavy atom. The summed E-state index contributed by atoms with van der Waals surface area (Å²) in [6, 6.07) is 11.8. The van der Waals surface area contributed by atoms with E-state index in [1.54, 1.807) is 13.2 Å². The van der Waals surface area contributed by atoms with Gasteiger partial charge in [0, 0.05) is 17.1 Å². The summed E-state index contributed by atoms with van der Waals surface area (Å²) >= 11 is 0. The molecule has 1 unspecified atom stereocenters. The average molecular weight is 329 g/mol. The van der Waals surface area contributed by atoms with Crippen LogP contribution in [-0.4, -0.2) is 24.0 Å². The fourth-order valence-corrected chi connectivity index (χ4v) is 3.42. The molecule has 0 saturated heterocycles. The Labute approximate surface area is 140 Å². The minimum absolute atomic E-state index is 0.109. The van der Waals surface area contributed by atoms with Crippen molar-refractivity contribution < 1.29 is 9.84 Å². The fourth-order valence-electron chi connectivity index (χ4n) is 2.15. The predicted octanol–water partition coefficient (Wildman–Crippen LogP) is 3.56. The van der Waals surface area contributed by atoms with Crippen molar-refractivity contribution in [2.75, 3.05) is 7.11 Å². The van der Waals surface area contributed by atoms with E-state index in [0.717, 1.165) is 10.9 Å². The van der Waals surface area contributed by atoms with Crippen LogP contribution in [0.5, 0.6) is 11.5 Å². The van der Waals surface area contributed by atoms with Crippen LogP contribution >= 0.6 is 8.58 Å². The van der Waals surface area contributed by atoms with Crippen LogP contribution in [0.25, 0.3) is 0 Å². The Kier molecular flexibility index (Phi) is 5.43. The molecular weight excluding hydrogens is 305 g/mol. The lowest BCUT2D eigenvalue weighted by Gasteiger charge is -2.15. The van der Waals surface area contributed by atoms with Crippen molar-refractivity contribution in [3.05, 3.63) is 47.5 Å². The molecule has 0 fully saturated rings. The summed E-state index contributed by atoms with van der Waals surface area (Å²) in [5.74, 6) is 0.726. The van der Waals surface area contributed by atoms with Gasteiger partial charge >= 0.3 is 0 Å². The molecule has 3 nitrogen and oxygen atoms in total. The Hall–Kier alpha value is -1.86. The minimum Gasteiger partial charge on any atom is -0.504 e. The number of nitrogens with zero attached hydrogens (tertiary/aromatic N) is 1. The van der Waals surface area contributed by atoms with E-state index in [2.05, 4.69) is 44.8 Å². The molecule has 4 heteroatoms. The summed E-state index contributed by atoms with van der Waals surface area (Å²) in [4.78, 5) is 4.62. The van der Waals surface area contributed by atoms with E-state index in [0.29, 0.717) is 14.3 Å². The first-order chi connectivity index (χ1) is 10.8. The van der Waals surface area contributed by atoms with Crippen LogP contribution in [0.3, 0.4) is 0 Å². The third-order valence-corrected chi connectivity index (χ3v) is 4.98. The van der Waals surface area contributed by atoms with Gasteiger partial charge in [0.25, 0.3) is 0 Å². The number of methoxy groups -OCH3 is 1. The van der Waals surface area contributed by atoms with Crippen LogP contribution in [0.2, 0.25) is 0 Å². The van der Waals surface area contributed by atoms with E-state index >= 15 is 0 Å². The van der Waals surface area contributed by atoms with Gasteiger partial charge in [-0.25, -0.2) is 0 Å². The topological polar surface area (TPSA) is 41.8 Å². The fraction of sp³-hybridized carbons (Fsp3) is 0.316. The van der Waals surface area contributed by atoms with Crippen LogP contribution in [0.4, 0.5) is 0 Å². The maximum absolute atomic E-state index is 10.3. The van der Waals surface area contributed by atoms with Gasteiger partial charge in [-0.1, -0.05) is 38.9 Å². The van der Waals surface area contributed by atoms with E-state index in [9.17, 15) is 5.11 Å². The zero-order valence-corrected chi connectivity index (χ0v) is 15.3. The van der Waals surface area contributed by atoms with Gasteiger partial charge in [-0.3, -0.25) is 4.99 Å². The molecule has 0 aliphatic carbocycles. The summed E-state index contributed by atoms with van der Waals surface area (Å²) < 4.78 is 5.20. The second-order valence-electron chi connectivity index (χ2n) is 6.45. The van der Waals surface area contributed by atoms with Gasteiger partial charge in [0.15, 0.2) is 11.5 Å². The maximum Gasteiger partial charge on any atom is 0.165 e. The molecule has 2 aromatic rings. The molecule has 0 aliphatic heterocycles. The first-order valence-corrected chi connectivity index (χ1v) is 8.59. The third kappa shape index (κ3) is 4.56. The highest BCUT2D eigenvalue weighted by Gasteiger charge is 2.12. The molecule has 0 heterocycles. The minimum atomic E-state index is -0.109. The summed E-state index contributed by atoms with van der Waals surface area (Å²) in [5, 5.41) is 12.4. The van der Waals surface area contributed by atoms with Crippen molar-refractivity contribution in [1.29, 1.82) is 0 Å². The molecular formula is C19H24NO2P. The van der Waals surface area contributed by atoms with Gasteiger partial charge in [0.2, 0.25) is 0 Å². The molecule has 23 heavy (non-hydrogen) atoms. The third-order valence-electron chi connectivity index (χ3n) is 3.37. The molecule has 1 N–H and O–H groups in total. The summed E-state index contributed by atoms with van der Waals surface area (Å²) in [6.07, 6.45) is 1.94. The van der Waals surface area contributed by atoms with E-state index in [4.69, 9.17) is 4.74 Å². The van der Waals surface area contributed by atoms with E-state index in [1.807, 2.05) is 24.4 Å². The Morgan fingerprint density at radius 2 is 1.83 bits per heavy atom. The monoisotopic (exact) mass is 329 g/mol. The Balaban J connectivity index is 2.42. The molecule has 2 aromatic carbocycles. The number of hydrogen-bond acceptors (Lipinski definition) is 3. The predicted molar refractivity (Wildman–Crippen MR) is 101 cm³/mol. The van der Waals surface area contributed by atoms with Crippen LogP contribution in [0.1, 0.15) is 31.9 Å². The molecule has 0 saturated carbocycles. The van der Waals surface area contributed by atoms with Gasteiger partial charge in [-0.15, -0.1) is 0 Å². The number of aromatic hydroxyl groups is 1. The number of benzene rings is 2. The summed E-state index contributed by atoms with van der Waals surface area (Å²) in [6.45, 7) is 8.33. The summed E-state index contributed by atoms with van der Waals surface area (Å²) in [7, 11) is 1.91. The Bertz CT molecular complexity index is 718. The average Bonchev–Trinajstić information content (AvgIpc) is 2.49. The zero-order valence-electron chi connectivity index (χ0n) is 14.3. The number of ether oxygens (including phenoxy) is 1. The summed E-state index contributed by atoms with van der Waals surface area (Å²) in [5.41, 5.74) is 2.19. The number of phenolic OH excluding ortho intramolecular Hbond substituents is 1. The highest BCUT2D eigenvalue weighted by Crippen LogP contribution is 2.29. The van der Waals surface area contributed by atoms with Crippen molar-refractivity contribution in [3.63, 3.8) is 0 Å². The van der Waals surface area contributed by atoms with Gasteiger partial charge in [-0.2, -0.15) is 0 Å². The standard InChI is InChI=1S/C19H24NO2P/c1-13-8-6-9-14(12-20-19(2,3)4)18(13)23-16-11-7-10-15(22-5)17(16)21/h6-12,21,23H,1-5H3. The van der Waals surface area contributed by atoms with Crippen molar-refractivity contribution in [2.45, 2.75) is 33.2 Å². The lowest BCUT2D eigenvalue weighted by molar-refractivity contribution is 0.375. The van der Waals surface area contributed by atoms with Crippen molar-refractivity contribution in [3.8, 4) is 11.5 Å². The van der Waals surface area contributed by atoms with Gasteiger partial charge in [-0.05, 0) is 44.6 Å². The highest BCUT2D eigenvalue weighted by molar-refractivity contribution is 7.56. The van der Waals surface area contributed by atoms with Gasteiger partial charge in [0.1, 0.15) is 0 Å². The van der Waals surface area contributed by atoms with Crippen LogP contribution in [-0.2, 0) is 0 Å². The quantitative estimate of drug-likeness (QED) is 0.688. The van der Waals surface area contributed by atoms with E-state index in [-0.39, 0.29) is 11.3 Å². The molecule has 0 bridgehead atoms. The number of hydrogen-bond donors (Lipinski definition) is 1. The molecule has 1 atom stereocenters. The molecule has 0 amide bonds. The molecule has 0 aromatic heterocycles. The number of rotatable bonds is 4. The van der Waals surface area contributed by atoms with Gasteiger partial charge in [0.05, 0.1) is 12.6 Å². The van der Waals surface area contributed by atoms with Crippen molar-refractivity contribution in [1.82, 2.24) is 0 Å². The molecule has 0 radical (unpaired) electrons. The normalized spacial score (nSPS) is 12.4. The van der Waals surface area contributed by atoms with Crippen LogP contribution < -0.4 is 15.3 Å². The lowest BCUT2D eigenvalue weighted by atomic mass is 10.1. The smallest absolute Gasteiger partial charge is 0.165 e. The number of phenols is 1. The van der Waals surface area contributed by atoms with Gasteiger partial charge < -0.3 is 9.84 Å². The SMILES string of the molecule is COc1cccc(Pc2c(C)cccc2C=NC(C)(C)C)c1O. The molecule has 0 aliphatic rings. The maximum atomic E-state index is 10.3. The lowest BCUT2D eigenvalue weighted by Crippen LogP contribution is -2.15. The number of aliphatic imine (C=N–C) groups is 1. The molecule has 122 valence electrons. The largest absolute Gasteiger partial charge is 0.504 e. The second kappa shape index (κ2) is 7.14. The first-order valence-electron chi connectivity index (χ1n) is 7.59. The highest BCUT2D eigenvalue weighted by atomic mass is 31.1. The van der Waals surface area contributed by atoms with E-state index < -0.39 is 0 Å². The zero-order chi connectivity index (χ0) is 17.0. The number of aryl methyl sites for hydroxylation is 1. The first kappa shape index (κ1) is 17.5. The molecule has 0 spiro atoms. The van der Waals surface area contributed by atoms with Crippen LogP contribution in [0, 0.1) is 6.92 Å². The van der Waals surface area contributed by atoms with Crippen LogP contribution in [0.15, 0.2) is 41.4 Å². The Morgan fingerprint density at radius 3 is 2.48 bits per heavy atom.